The summed E-state index contributed by atoms with van der Waals surface area (Å²) in [5.41, 5.74) is 0. The molecule has 2 unspecified atom stereocenters. The molecule has 2 atom stereocenters. The standard InChI is InChI=1S/C14H22N4O/c1-2-12-5-8-17-13(11-12)14(19)18(9-3-6-15)10-4-7-16/h12-13,17H,2-5,8-11H2,1H3. The normalized spacial score (nSPS) is 22.3. The zero-order chi connectivity index (χ0) is 14.1. The Morgan fingerprint density at radius 1 is 1.32 bits per heavy atom. The highest BCUT2D eigenvalue weighted by molar-refractivity contribution is 5.82. The van der Waals surface area contributed by atoms with Crippen LogP contribution in [0.4, 0.5) is 0 Å². The van der Waals surface area contributed by atoms with E-state index in [0.717, 1.165) is 25.8 Å². The summed E-state index contributed by atoms with van der Waals surface area (Å²) < 4.78 is 0. The summed E-state index contributed by atoms with van der Waals surface area (Å²) in [4.78, 5) is 14.1. The third-order valence-electron chi connectivity index (χ3n) is 3.69. The fourth-order valence-corrected chi connectivity index (χ4v) is 2.48. The van der Waals surface area contributed by atoms with Gasteiger partial charge in [0, 0.05) is 13.1 Å². The molecule has 1 rings (SSSR count). The second-order valence-electron chi connectivity index (χ2n) is 4.95. The van der Waals surface area contributed by atoms with Crippen LogP contribution in [0.25, 0.3) is 0 Å². The molecule has 1 aliphatic heterocycles. The molecule has 0 bridgehead atoms. The van der Waals surface area contributed by atoms with Gasteiger partial charge >= 0.3 is 0 Å². The first-order valence-electron chi connectivity index (χ1n) is 6.99. The van der Waals surface area contributed by atoms with Gasteiger partial charge in [0.05, 0.1) is 31.0 Å². The molecule has 5 heteroatoms. The van der Waals surface area contributed by atoms with Crippen LogP contribution >= 0.6 is 0 Å². The fraction of sp³-hybridized carbons (Fsp3) is 0.786. The molecular formula is C14H22N4O. The Balaban J connectivity index is 2.58. The second kappa shape index (κ2) is 8.50. The lowest BCUT2D eigenvalue weighted by Gasteiger charge is -2.32. The molecule has 0 radical (unpaired) electrons. The molecule has 0 aromatic heterocycles. The minimum Gasteiger partial charge on any atom is -0.339 e. The molecular weight excluding hydrogens is 240 g/mol. The van der Waals surface area contributed by atoms with Gasteiger partial charge in [0.1, 0.15) is 0 Å². The van der Waals surface area contributed by atoms with E-state index in [4.69, 9.17) is 10.5 Å². The molecule has 1 aliphatic rings. The third-order valence-corrected chi connectivity index (χ3v) is 3.69. The van der Waals surface area contributed by atoms with Crippen LogP contribution in [0, 0.1) is 28.6 Å². The van der Waals surface area contributed by atoms with Gasteiger partial charge in [-0.05, 0) is 25.3 Å². The van der Waals surface area contributed by atoms with Gasteiger partial charge < -0.3 is 10.2 Å². The third kappa shape index (κ3) is 4.89. The smallest absolute Gasteiger partial charge is 0.239 e. The van der Waals surface area contributed by atoms with Gasteiger partial charge in [-0.3, -0.25) is 4.79 Å². The fourth-order valence-electron chi connectivity index (χ4n) is 2.48. The van der Waals surface area contributed by atoms with Crippen molar-refractivity contribution in [3.8, 4) is 12.1 Å². The number of nitriles is 2. The molecule has 0 aliphatic carbocycles. The monoisotopic (exact) mass is 262 g/mol. The van der Waals surface area contributed by atoms with Gasteiger partial charge in [0.15, 0.2) is 0 Å². The zero-order valence-electron chi connectivity index (χ0n) is 11.6. The molecule has 5 nitrogen and oxygen atoms in total. The first kappa shape index (κ1) is 15.5. The SMILES string of the molecule is CCC1CCNC(C(=O)N(CCC#N)CCC#N)C1. The van der Waals surface area contributed by atoms with Crippen LogP contribution in [-0.2, 0) is 4.79 Å². The molecule has 1 fully saturated rings. The van der Waals surface area contributed by atoms with E-state index in [9.17, 15) is 4.79 Å². The first-order valence-corrected chi connectivity index (χ1v) is 6.99. The number of carbonyl (C=O) groups excluding carboxylic acids is 1. The number of nitrogens with one attached hydrogen (secondary N) is 1. The van der Waals surface area contributed by atoms with Gasteiger partial charge in [-0.15, -0.1) is 0 Å². The van der Waals surface area contributed by atoms with Crippen molar-refractivity contribution in [2.75, 3.05) is 19.6 Å². The van der Waals surface area contributed by atoms with Crippen molar-refractivity contribution >= 4 is 5.91 Å². The minimum atomic E-state index is -0.143. The summed E-state index contributed by atoms with van der Waals surface area (Å²) >= 11 is 0. The van der Waals surface area contributed by atoms with Gasteiger partial charge in [-0.25, -0.2) is 0 Å². The Morgan fingerprint density at radius 3 is 2.47 bits per heavy atom. The van der Waals surface area contributed by atoms with Gasteiger partial charge in [-0.1, -0.05) is 13.3 Å². The molecule has 0 saturated carbocycles. The predicted octanol–water partition coefficient (Wildman–Crippen LogP) is 1.42. The molecule has 1 heterocycles. The van der Waals surface area contributed by atoms with E-state index in [0.29, 0.717) is 31.8 Å². The number of rotatable bonds is 6. The van der Waals surface area contributed by atoms with Crippen molar-refractivity contribution < 1.29 is 4.79 Å². The summed E-state index contributed by atoms with van der Waals surface area (Å²) in [6.45, 7) is 3.87. The van der Waals surface area contributed by atoms with Crippen LogP contribution < -0.4 is 5.32 Å². The van der Waals surface area contributed by atoms with Gasteiger partial charge in [0.25, 0.3) is 0 Å². The number of carbonyl (C=O) groups is 1. The molecule has 1 N–H and O–H groups in total. The van der Waals surface area contributed by atoms with E-state index in [-0.39, 0.29) is 11.9 Å². The molecule has 0 aromatic carbocycles. The van der Waals surface area contributed by atoms with E-state index in [1.54, 1.807) is 4.90 Å². The van der Waals surface area contributed by atoms with E-state index in [2.05, 4.69) is 24.4 Å². The van der Waals surface area contributed by atoms with E-state index in [1.807, 2.05) is 0 Å². The number of hydrogen-bond donors (Lipinski definition) is 1. The lowest BCUT2D eigenvalue weighted by atomic mass is 9.90. The summed E-state index contributed by atoms with van der Waals surface area (Å²) in [6.07, 6.45) is 3.73. The Hall–Kier alpha value is -1.59. The maximum absolute atomic E-state index is 12.4. The van der Waals surface area contributed by atoms with Crippen molar-refractivity contribution in [3.63, 3.8) is 0 Å². The number of hydrogen-bond acceptors (Lipinski definition) is 4. The van der Waals surface area contributed by atoms with E-state index in [1.165, 1.54) is 0 Å². The van der Waals surface area contributed by atoms with E-state index >= 15 is 0 Å². The topological polar surface area (TPSA) is 79.9 Å². The van der Waals surface area contributed by atoms with Gasteiger partial charge in [-0.2, -0.15) is 10.5 Å². The zero-order valence-corrected chi connectivity index (χ0v) is 11.6. The number of nitrogens with zero attached hydrogens (tertiary/aromatic N) is 3. The van der Waals surface area contributed by atoms with Gasteiger partial charge in [0.2, 0.25) is 5.91 Å². The lowest BCUT2D eigenvalue weighted by Crippen LogP contribution is -2.50. The van der Waals surface area contributed by atoms with Crippen LogP contribution in [-0.4, -0.2) is 36.5 Å². The van der Waals surface area contributed by atoms with Crippen LogP contribution in [0.5, 0.6) is 0 Å². The molecule has 19 heavy (non-hydrogen) atoms. The Labute approximate surface area is 115 Å². The summed E-state index contributed by atoms with van der Waals surface area (Å²) in [6, 6.07) is 3.97. The molecule has 0 aromatic rings. The average molecular weight is 262 g/mol. The van der Waals surface area contributed by atoms with Crippen molar-refractivity contribution in [2.24, 2.45) is 5.92 Å². The Kier molecular flexibility index (Phi) is 6.92. The van der Waals surface area contributed by atoms with Crippen LogP contribution in [0.1, 0.15) is 39.0 Å². The van der Waals surface area contributed by atoms with Crippen molar-refractivity contribution in [3.05, 3.63) is 0 Å². The quantitative estimate of drug-likeness (QED) is 0.785. The summed E-state index contributed by atoms with van der Waals surface area (Å²) in [7, 11) is 0. The molecule has 104 valence electrons. The molecule has 1 amide bonds. The molecule has 1 saturated heterocycles. The van der Waals surface area contributed by atoms with E-state index < -0.39 is 0 Å². The lowest BCUT2D eigenvalue weighted by molar-refractivity contribution is -0.134. The van der Waals surface area contributed by atoms with Crippen molar-refractivity contribution in [2.45, 2.75) is 45.1 Å². The number of piperidine rings is 1. The highest BCUT2D eigenvalue weighted by atomic mass is 16.2. The Morgan fingerprint density at radius 2 is 1.95 bits per heavy atom. The Bertz CT molecular complexity index is 351. The summed E-state index contributed by atoms with van der Waals surface area (Å²) in [5.74, 6) is 0.646. The maximum atomic E-state index is 12.4. The van der Waals surface area contributed by atoms with Crippen LogP contribution in [0.2, 0.25) is 0 Å². The predicted molar refractivity (Wildman–Crippen MR) is 71.8 cm³/mol. The second-order valence-corrected chi connectivity index (χ2v) is 4.95. The van der Waals surface area contributed by atoms with Crippen LogP contribution in [0.3, 0.4) is 0 Å². The summed E-state index contributed by atoms with van der Waals surface area (Å²) in [5, 5.41) is 20.5. The highest BCUT2D eigenvalue weighted by Crippen LogP contribution is 2.20. The van der Waals surface area contributed by atoms with Crippen LogP contribution in [0.15, 0.2) is 0 Å². The largest absolute Gasteiger partial charge is 0.339 e. The first-order chi connectivity index (χ1) is 9.22. The minimum absolute atomic E-state index is 0.0450. The van der Waals surface area contributed by atoms with Crippen molar-refractivity contribution in [1.29, 1.82) is 10.5 Å². The van der Waals surface area contributed by atoms with Crippen molar-refractivity contribution in [1.82, 2.24) is 10.2 Å². The average Bonchev–Trinajstić information content (AvgIpc) is 2.47. The number of amides is 1. The maximum Gasteiger partial charge on any atom is 0.239 e. The molecule has 0 spiro atoms. The highest BCUT2D eigenvalue weighted by Gasteiger charge is 2.28.